The van der Waals surface area contributed by atoms with Crippen LogP contribution in [0.5, 0.6) is 0 Å². The van der Waals surface area contributed by atoms with Crippen LogP contribution < -0.4 is 5.32 Å². The largest absolute Gasteiger partial charge is 0.394 e. The normalized spacial score (nSPS) is 19.8. The molecule has 9 unspecified atom stereocenters. The van der Waals surface area contributed by atoms with Crippen molar-refractivity contribution >= 4 is 5.91 Å². The summed E-state index contributed by atoms with van der Waals surface area (Å²) >= 11 is 0. The van der Waals surface area contributed by atoms with E-state index in [0.717, 1.165) is 38.5 Å². The number of hydrogen-bond acceptors (Lipinski definition) is 10. The minimum Gasteiger partial charge on any atom is -0.394 e. The van der Waals surface area contributed by atoms with Crippen LogP contribution in [-0.2, 0) is 14.3 Å². The molecule has 1 fully saturated rings. The molecule has 1 saturated heterocycles. The molecule has 1 amide bonds. The van der Waals surface area contributed by atoms with E-state index >= 15 is 0 Å². The maximum atomic E-state index is 13.2. The van der Waals surface area contributed by atoms with E-state index in [-0.39, 0.29) is 12.8 Å². The van der Waals surface area contributed by atoms with E-state index in [0.29, 0.717) is 12.8 Å². The first-order valence-corrected chi connectivity index (χ1v) is 32.1. The zero-order chi connectivity index (χ0) is 54.0. The van der Waals surface area contributed by atoms with Crippen molar-refractivity contribution in [2.45, 2.75) is 371 Å². The van der Waals surface area contributed by atoms with Crippen molar-refractivity contribution in [3.05, 3.63) is 12.2 Å². The van der Waals surface area contributed by atoms with Crippen molar-refractivity contribution in [3.8, 4) is 0 Å². The third kappa shape index (κ3) is 40.1. The molecule has 1 aliphatic heterocycles. The number of rotatable bonds is 56. The number of nitrogens with one attached hydrogen (secondary N) is 1. The minimum absolute atomic E-state index is 0.260. The number of aliphatic hydroxyl groups is 7. The van der Waals surface area contributed by atoms with Crippen LogP contribution in [0.3, 0.4) is 0 Å². The summed E-state index contributed by atoms with van der Waals surface area (Å²) in [6, 6.07) is -1.18. The highest BCUT2D eigenvalue weighted by Gasteiger charge is 2.44. The Morgan fingerprint density at radius 1 is 0.459 bits per heavy atom. The second-order valence-electron chi connectivity index (χ2n) is 22.8. The van der Waals surface area contributed by atoms with Crippen LogP contribution in [0, 0.1) is 0 Å². The lowest BCUT2D eigenvalue weighted by Crippen LogP contribution is -2.60. The third-order valence-electron chi connectivity index (χ3n) is 15.8. The molecule has 11 nitrogen and oxygen atoms in total. The lowest BCUT2D eigenvalue weighted by Gasteiger charge is -2.40. The van der Waals surface area contributed by atoms with Gasteiger partial charge < -0.3 is 50.5 Å². The summed E-state index contributed by atoms with van der Waals surface area (Å²) in [6.45, 7) is 3.50. The Bertz CT molecular complexity index is 1210. The highest BCUT2D eigenvalue weighted by atomic mass is 16.7. The Morgan fingerprint density at radius 3 is 1.16 bits per heavy atom. The Balaban J connectivity index is 2.27. The van der Waals surface area contributed by atoms with Crippen LogP contribution in [0.15, 0.2) is 12.2 Å². The Morgan fingerprint density at radius 2 is 0.797 bits per heavy atom. The molecular weight excluding hydrogens is 931 g/mol. The molecular formula is C63H123NO10. The molecule has 1 rings (SSSR count). The molecule has 0 aromatic carbocycles. The van der Waals surface area contributed by atoms with Gasteiger partial charge in [0.15, 0.2) is 6.29 Å². The zero-order valence-electron chi connectivity index (χ0n) is 48.4. The lowest BCUT2D eigenvalue weighted by molar-refractivity contribution is -0.303. The van der Waals surface area contributed by atoms with Gasteiger partial charge in [-0.25, -0.2) is 0 Å². The van der Waals surface area contributed by atoms with E-state index in [1.165, 1.54) is 238 Å². The van der Waals surface area contributed by atoms with Gasteiger partial charge in [0.2, 0.25) is 5.91 Å². The van der Waals surface area contributed by atoms with Crippen molar-refractivity contribution < 1.29 is 50.0 Å². The van der Waals surface area contributed by atoms with E-state index in [2.05, 4.69) is 31.3 Å². The summed E-state index contributed by atoms with van der Waals surface area (Å²) < 4.78 is 11.2. The molecule has 0 bridgehead atoms. The van der Waals surface area contributed by atoms with Crippen LogP contribution >= 0.6 is 0 Å². The molecule has 0 aromatic heterocycles. The number of aliphatic hydroxyl groups excluding tert-OH is 7. The topological polar surface area (TPSA) is 189 Å². The van der Waals surface area contributed by atoms with Crippen LogP contribution in [0.25, 0.3) is 0 Å². The van der Waals surface area contributed by atoms with Gasteiger partial charge in [-0.3, -0.25) is 4.79 Å². The lowest BCUT2D eigenvalue weighted by atomic mass is 9.98. The van der Waals surface area contributed by atoms with Crippen molar-refractivity contribution in [1.29, 1.82) is 0 Å². The molecule has 11 heteroatoms. The molecule has 9 atom stereocenters. The number of carbonyl (C=O) groups excluding carboxylic acids is 1. The predicted molar refractivity (Wildman–Crippen MR) is 307 cm³/mol. The Hall–Kier alpha value is -1.15. The molecule has 0 spiro atoms. The van der Waals surface area contributed by atoms with E-state index < -0.39 is 74.2 Å². The first-order valence-electron chi connectivity index (χ1n) is 32.1. The summed E-state index contributed by atoms with van der Waals surface area (Å²) in [7, 11) is 0. The molecule has 0 aromatic rings. The van der Waals surface area contributed by atoms with Gasteiger partial charge in [0.1, 0.15) is 36.6 Å². The quantitative estimate of drug-likeness (QED) is 0.0215. The van der Waals surface area contributed by atoms with Crippen molar-refractivity contribution in [1.82, 2.24) is 5.32 Å². The number of allylic oxidation sites excluding steroid dienone is 2. The highest BCUT2D eigenvalue weighted by molar-refractivity contribution is 5.80. The fourth-order valence-electron chi connectivity index (χ4n) is 10.6. The standard InChI is InChI=1S/C63H123NO10/c1-3-5-7-9-11-13-15-17-19-21-23-25-27-29-30-32-34-36-38-40-42-44-46-48-50-55(66)58(68)54(53-73-63-61(71)60(70)59(69)57(52-65)74-63)64-62(72)56(67)51-49-47-45-43-41-39-37-35-33-31-28-26-24-22-20-18-16-14-12-10-8-6-4-2/h42,44,54-61,63,65-71H,3-41,43,45-53H2,1-2H3,(H,64,72)/b44-42+. The maximum absolute atomic E-state index is 13.2. The van der Waals surface area contributed by atoms with Crippen LogP contribution in [0.1, 0.15) is 316 Å². The molecule has 1 aliphatic rings. The summed E-state index contributed by atoms with van der Waals surface area (Å²) in [5.41, 5.74) is 0. The van der Waals surface area contributed by atoms with Gasteiger partial charge in [0.25, 0.3) is 0 Å². The van der Waals surface area contributed by atoms with E-state index in [4.69, 9.17) is 9.47 Å². The first kappa shape index (κ1) is 70.9. The first-order chi connectivity index (χ1) is 36.2. The zero-order valence-corrected chi connectivity index (χ0v) is 48.4. The molecule has 0 saturated carbocycles. The van der Waals surface area contributed by atoms with Crippen molar-refractivity contribution in [3.63, 3.8) is 0 Å². The van der Waals surface area contributed by atoms with E-state index in [9.17, 15) is 40.5 Å². The monoisotopic (exact) mass is 1050 g/mol. The van der Waals surface area contributed by atoms with Gasteiger partial charge in [-0.2, -0.15) is 0 Å². The van der Waals surface area contributed by atoms with E-state index in [1.807, 2.05) is 0 Å². The van der Waals surface area contributed by atoms with Gasteiger partial charge in [-0.15, -0.1) is 0 Å². The summed E-state index contributed by atoms with van der Waals surface area (Å²) in [5.74, 6) is -0.699. The van der Waals surface area contributed by atoms with Gasteiger partial charge in [-0.1, -0.05) is 289 Å². The van der Waals surface area contributed by atoms with Gasteiger partial charge in [-0.05, 0) is 38.5 Å². The van der Waals surface area contributed by atoms with Crippen molar-refractivity contribution in [2.24, 2.45) is 0 Å². The highest BCUT2D eigenvalue weighted by Crippen LogP contribution is 2.24. The number of carbonyl (C=O) groups is 1. The summed E-state index contributed by atoms with van der Waals surface area (Å²) in [4.78, 5) is 13.2. The Kier molecular flexibility index (Phi) is 50.3. The van der Waals surface area contributed by atoms with Crippen molar-refractivity contribution in [2.75, 3.05) is 13.2 Å². The van der Waals surface area contributed by atoms with Gasteiger partial charge >= 0.3 is 0 Å². The second-order valence-corrected chi connectivity index (χ2v) is 22.8. The molecule has 440 valence electrons. The summed E-state index contributed by atoms with van der Waals surface area (Å²) in [5, 5.41) is 76.3. The molecule has 74 heavy (non-hydrogen) atoms. The third-order valence-corrected chi connectivity index (χ3v) is 15.8. The molecule has 0 aliphatic carbocycles. The number of unbranched alkanes of at least 4 members (excludes halogenated alkanes) is 42. The van der Waals surface area contributed by atoms with Crippen LogP contribution in [0.2, 0.25) is 0 Å². The fourth-order valence-corrected chi connectivity index (χ4v) is 10.6. The fraction of sp³-hybridized carbons (Fsp3) is 0.952. The maximum Gasteiger partial charge on any atom is 0.249 e. The summed E-state index contributed by atoms with van der Waals surface area (Å²) in [6.07, 6.45) is 51.4. The Labute approximate surface area is 455 Å². The molecule has 8 N–H and O–H groups in total. The number of ether oxygens (including phenoxy) is 2. The predicted octanol–water partition coefficient (Wildman–Crippen LogP) is 14.3. The smallest absolute Gasteiger partial charge is 0.249 e. The van der Waals surface area contributed by atoms with Crippen LogP contribution in [0.4, 0.5) is 0 Å². The van der Waals surface area contributed by atoms with Gasteiger partial charge in [0, 0.05) is 0 Å². The minimum atomic E-state index is -1.67. The number of hydrogen-bond donors (Lipinski definition) is 8. The SMILES string of the molecule is CCCCCCCCCCCCCCCCCCCCC/C=C/CCCC(O)C(O)C(COC1OC(CO)C(O)C(O)C1O)NC(=O)C(O)CCCCCCCCCCCCCCCCCCCCCCCCC. The number of amides is 1. The average Bonchev–Trinajstić information content (AvgIpc) is 3.40. The van der Waals surface area contributed by atoms with Crippen LogP contribution in [-0.4, -0.2) is 110 Å². The second kappa shape index (κ2) is 52.5. The molecule has 1 heterocycles. The molecule has 0 radical (unpaired) electrons. The average molecular weight is 1050 g/mol. The van der Waals surface area contributed by atoms with E-state index in [1.54, 1.807) is 0 Å². The van der Waals surface area contributed by atoms with Gasteiger partial charge in [0.05, 0.1) is 25.4 Å².